The first-order valence-corrected chi connectivity index (χ1v) is 11.0. The number of fused-ring (bicyclic) bond motifs is 3. The highest BCUT2D eigenvalue weighted by atomic mass is 32.1. The van der Waals surface area contributed by atoms with Crippen molar-refractivity contribution in [3.05, 3.63) is 51.8 Å². The van der Waals surface area contributed by atoms with Gasteiger partial charge in [-0.25, -0.2) is 4.68 Å². The molecule has 1 saturated heterocycles. The number of hydrogen-bond donors (Lipinski definition) is 1. The summed E-state index contributed by atoms with van der Waals surface area (Å²) >= 11 is 1.79. The number of thiophene rings is 1. The number of rotatable bonds is 3. The summed E-state index contributed by atoms with van der Waals surface area (Å²) in [5, 5.41) is 10.2. The van der Waals surface area contributed by atoms with Gasteiger partial charge in [0.1, 0.15) is 0 Å². The third-order valence-electron chi connectivity index (χ3n) is 5.98. The summed E-state index contributed by atoms with van der Waals surface area (Å²) in [7, 11) is 4.01. The zero-order valence-corrected chi connectivity index (χ0v) is 17.6. The van der Waals surface area contributed by atoms with Gasteiger partial charge >= 0.3 is 0 Å². The van der Waals surface area contributed by atoms with Crippen molar-refractivity contribution in [2.24, 2.45) is 0 Å². The minimum absolute atomic E-state index is 0.0682. The Morgan fingerprint density at radius 3 is 2.55 bits per heavy atom. The second-order valence-electron chi connectivity index (χ2n) is 7.74. The number of hydrogen-bond acceptors (Lipinski definition) is 5. The topological polar surface area (TPSA) is 53.4 Å². The number of piperazine rings is 1. The summed E-state index contributed by atoms with van der Waals surface area (Å²) in [6, 6.07) is 10.4. The lowest BCUT2D eigenvalue weighted by Crippen LogP contribution is -2.47. The molecular formula is C22H25N5OS. The van der Waals surface area contributed by atoms with Crippen LogP contribution in [-0.4, -0.2) is 65.8 Å². The van der Waals surface area contributed by atoms with Crippen LogP contribution < -0.4 is 5.32 Å². The minimum Gasteiger partial charge on any atom is -0.388 e. The fraction of sp³-hybridized carbons (Fsp3) is 0.364. The van der Waals surface area contributed by atoms with E-state index in [9.17, 15) is 4.79 Å². The Bertz CT molecular complexity index is 1040. The molecule has 6 nitrogen and oxygen atoms in total. The van der Waals surface area contributed by atoms with Crippen molar-refractivity contribution >= 4 is 22.9 Å². The van der Waals surface area contributed by atoms with E-state index in [1.807, 2.05) is 28.8 Å². The van der Waals surface area contributed by atoms with Gasteiger partial charge in [-0.1, -0.05) is 0 Å². The van der Waals surface area contributed by atoms with Gasteiger partial charge in [0.25, 0.3) is 5.91 Å². The molecule has 0 spiro atoms. The predicted molar refractivity (Wildman–Crippen MR) is 117 cm³/mol. The van der Waals surface area contributed by atoms with Gasteiger partial charge < -0.3 is 15.1 Å². The molecule has 1 aromatic carbocycles. The maximum atomic E-state index is 13.4. The fourth-order valence-electron chi connectivity index (χ4n) is 4.23. The van der Waals surface area contributed by atoms with Gasteiger partial charge in [0.2, 0.25) is 0 Å². The van der Waals surface area contributed by atoms with E-state index in [2.05, 4.69) is 40.8 Å². The largest absolute Gasteiger partial charge is 0.388 e. The molecule has 1 fully saturated rings. The summed E-state index contributed by atoms with van der Waals surface area (Å²) in [6.45, 7) is 3.35. The van der Waals surface area contributed by atoms with Gasteiger partial charge in [0.15, 0.2) is 5.69 Å². The highest BCUT2D eigenvalue weighted by Gasteiger charge is 2.32. The highest BCUT2D eigenvalue weighted by molar-refractivity contribution is 7.10. The van der Waals surface area contributed by atoms with Crippen molar-refractivity contribution in [2.45, 2.75) is 12.8 Å². The summed E-state index contributed by atoms with van der Waals surface area (Å²) in [5.74, 6) is 0.0682. The maximum absolute atomic E-state index is 13.4. The Morgan fingerprint density at radius 1 is 1.07 bits per heavy atom. The molecule has 29 heavy (non-hydrogen) atoms. The van der Waals surface area contributed by atoms with Crippen LogP contribution in [0.4, 0.5) is 5.69 Å². The molecule has 1 N–H and O–H groups in total. The van der Waals surface area contributed by atoms with Gasteiger partial charge in [-0.2, -0.15) is 5.10 Å². The first-order chi connectivity index (χ1) is 14.2. The second kappa shape index (κ2) is 7.31. The van der Waals surface area contributed by atoms with Gasteiger partial charge in [-0.05, 0) is 55.6 Å². The number of carbonyl (C=O) groups excluding carboxylic acids is 1. The molecular weight excluding hydrogens is 382 g/mol. The minimum atomic E-state index is 0.0682. The van der Waals surface area contributed by atoms with E-state index in [0.29, 0.717) is 5.69 Å². The zero-order valence-electron chi connectivity index (χ0n) is 16.8. The summed E-state index contributed by atoms with van der Waals surface area (Å²) in [4.78, 5) is 19.0. The number of nitrogens with zero attached hydrogens (tertiary/aromatic N) is 4. The van der Waals surface area contributed by atoms with Gasteiger partial charge in [-0.3, -0.25) is 4.79 Å². The average molecular weight is 408 g/mol. The number of nitrogens with one attached hydrogen (secondary N) is 1. The maximum Gasteiger partial charge on any atom is 0.274 e. The Balaban J connectivity index is 1.61. The van der Waals surface area contributed by atoms with Crippen molar-refractivity contribution in [1.29, 1.82) is 0 Å². The van der Waals surface area contributed by atoms with Crippen molar-refractivity contribution in [1.82, 2.24) is 19.6 Å². The van der Waals surface area contributed by atoms with E-state index in [-0.39, 0.29) is 5.91 Å². The Labute approximate surface area is 174 Å². The zero-order chi connectivity index (χ0) is 20.0. The number of benzene rings is 1. The highest BCUT2D eigenvalue weighted by Crippen LogP contribution is 2.39. The van der Waals surface area contributed by atoms with E-state index in [4.69, 9.17) is 5.10 Å². The van der Waals surface area contributed by atoms with Crippen LogP contribution in [0, 0.1) is 0 Å². The van der Waals surface area contributed by atoms with Crippen LogP contribution in [0.5, 0.6) is 0 Å². The molecule has 1 amide bonds. The van der Waals surface area contributed by atoms with E-state index >= 15 is 0 Å². The van der Waals surface area contributed by atoms with E-state index < -0.39 is 0 Å². The van der Waals surface area contributed by atoms with Crippen molar-refractivity contribution in [3.63, 3.8) is 0 Å². The molecule has 0 bridgehead atoms. The Morgan fingerprint density at radius 2 is 1.83 bits per heavy atom. The van der Waals surface area contributed by atoms with Crippen LogP contribution in [0.3, 0.4) is 0 Å². The van der Waals surface area contributed by atoms with Crippen LogP contribution in [0.1, 0.15) is 20.9 Å². The number of likely N-dealkylation sites (N-methyl/N-ethyl adjacent to an activating group) is 1. The molecule has 1 aliphatic carbocycles. The molecule has 150 valence electrons. The molecule has 0 saturated carbocycles. The lowest BCUT2D eigenvalue weighted by atomic mass is 9.94. The quantitative estimate of drug-likeness (QED) is 0.725. The van der Waals surface area contributed by atoms with Crippen LogP contribution >= 0.6 is 11.3 Å². The normalized spacial score (nSPS) is 16.4. The molecule has 0 unspecified atom stereocenters. The third kappa shape index (κ3) is 3.14. The summed E-state index contributed by atoms with van der Waals surface area (Å²) in [6.07, 6.45) is 1.85. The summed E-state index contributed by atoms with van der Waals surface area (Å²) in [5.41, 5.74) is 6.06. The van der Waals surface area contributed by atoms with Crippen molar-refractivity contribution in [2.75, 3.05) is 45.6 Å². The molecule has 3 heterocycles. The summed E-state index contributed by atoms with van der Waals surface area (Å²) < 4.78 is 1.97. The molecule has 0 radical (unpaired) electrons. The fourth-order valence-corrected chi connectivity index (χ4v) is 5.11. The number of aromatic nitrogens is 2. The Kier molecular flexibility index (Phi) is 4.64. The lowest BCUT2D eigenvalue weighted by molar-refractivity contribution is 0.0656. The first kappa shape index (κ1) is 18.4. The van der Waals surface area contributed by atoms with Crippen molar-refractivity contribution in [3.8, 4) is 16.9 Å². The van der Waals surface area contributed by atoms with Crippen LogP contribution in [-0.2, 0) is 12.8 Å². The lowest BCUT2D eigenvalue weighted by Gasteiger charge is -2.32. The third-order valence-corrected chi connectivity index (χ3v) is 6.96. The molecule has 0 atom stereocenters. The van der Waals surface area contributed by atoms with Crippen LogP contribution in [0.25, 0.3) is 16.9 Å². The molecule has 2 aliphatic rings. The molecule has 3 aromatic rings. The Hall–Kier alpha value is -2.64. The second-order valence-corrected chi connectivity index (χ2v) is 8.74. The van der Waals surface area contributed by atoms with Crippen LogP contribution in [0.2, 0.25) is 0 Å². The van der Waals surface area contributed by atoms with Gasteiger partial charge in [0.05, 0.1) is 11.4 Å². The number of aryl methyl sites for hydroxylation is 1. The van der Waals surface area contributed by atoms with Gasteiger partial charge in [0, 0.05) is 54.9 Å². The molecule has 7 heteroatoms. The molecule has 2 aromatic heterocycles. The number of carbonyl (C=O) groups is 1. The van der Waals surface area contributed by atoms with Crippen molar-refractivity contribution < 1.29 is 4.79 Å². The average Bonchev–Trinajstić information content (AvgIpc) is 3.38. The van der Waals surface area contributed by atoms with Crippen LogP contribution in [0.15, 0.2) is 35.7 Å². The van der Waals surface area contributed by atoms with E-state index in [1.165, 1.54) is 10.4 Å². The van der Waals surface area contributed by atoms with E-state index in [1.54, 1.807) is 11.3 Å². The first-order valence-electron chi connectivity index (χ1n) is 10.1. The predicted octanol–water partition coefficient (Wildman–Crippen LogP) is 3.13. The number of amides is 1. The standard InChI is InChI=1S/C22H25N5OS/c1-23-15-3-5-16(6-4-15)27-21-17-9-14-29-19(17)8-7-18(21)20(24-27)22(28)26-12-10-25(2)11-13-26/h3-6,9,14,23H,7-8,10-13H2,1-2H3. The van der Waals surface area contributed by atoms with Gasteiger partial charge in [-0.15, -0.1) is 11.3 Å². The SMILES string of the molecule is CNc1ccc(-n2nc(C(=O)N3CCN(C)CC3)c3c2-c2ccsc2CC3)cc1. The number of anilines is 1. The monoisotopic (exact) mass is 407 g/mol. The molecule has 1 aliphatic heterocycles. The van der Waals surface area contributed by atoms with E-state index in [0.717, 1.165) is 61.7 Å². The smallest absolute Gasteiger partial charge is 0.274 e. The molecule has 5 rings (SSSR count).